The summed E-state index contributed by atoms with van der Waals surface area (Å²) in [6, 6.07) is 28.9. The van der Waals surface area contributed by atoms with Crippen LogP contribution in [-0.4, -0.2) is 52.1 Å². The number of hydrogen-bond donors (Lipinski definition) is 1. The summed E-state index contributed by atoms with van der Waals surface area (Å²) in [5.74, 6) is 0.130. The zero-order chi connectivity index (χ0) is 25.6. The second kappa shape index (κ2) is 11.6. The van der Waals surface area contributed by atoms with Gasteiger partial charge in [0.05, 0.1) is 6.42 Å². The van der Waals surface area contributed by atoms with Crippen LogP contribution in [0.4, 0.5) is 10.5 Å². The summed E-state index contributed by atoms with van der Waals surface area (Å²) >= 11 is 0. The van der Waals surface area contributed by atoms with E-state index in [2.05, 4.69) is 53.4 Å². The van der Waals surface area contributed by atoms with Gasteiger partial charge in [0.25, 0.3) is 0 Å². The van der Waals surface area contributed by atoms with E-state index in [0.717, 1.165) is 43.7 Å². The van der Waals surface area contributed by atoms with Crippen molar-refractivity contribution >= 4 is 17.7 Å². The van der Waals surface area contributed by atoms with Gasteiger partial charge in [0.15, 0.2) is 0 Å². The van der Waals surface area contributed by atoms with Crippen molar-refractivity contribution in [1.82, 2.24) is 9.80 Å². The molecule has 6 nitrogen and oxygen atoms in total. The van der Waals surface area contributed by atoms with Crippen molar-refractivity contribution in [2.45, 2.75) is 57.3 Å². The zero-order valence-corrected chi connectivity index (χ0v) is 21.2. The SMILES string of the molecule is O=C1Cc2ccccc2N1C1CCN(C(=O)O)[C@@H](CCCN(Cc2ccccc2)Cc2ccccc2)C1. The highest BCUT2D eigenvalue weighted by molar-refractivity contribution is 6.01. The van der Waals surface area contributed by atoms with Gasteiger partial charge in [-0.25, -0.2) is 4.79 Å². The maximum absolute atomic E-state index is 12.9. The Morgan fingerprint density at radius 3 is 2.16 bits per heavy atom. The Hall–Kier alpha value is -3.64. The molecule has 37 heavy (non-hydrogen) atoms. The molecule has 2 amide bonds. The van der Waals surface area contributed by atoms with Crippen molar-refractivity contribution in [3.63, 3.8) is 0 Å². The Bertz CT molecular complexity index is 1160. The number of nitrogens with zero attached hydrogens (tertiary/aromatic N) is 3. The van der Waals surface area contributed by atoms with Crippen molar-refractivity contribution < 1.29 is 14.7 Å². The number of benzene rings is 3. The number of carboxylic acid groups (broad SMARTS) is 1. The second-order valence-electron chi connectivity index (χ2n) is 10.2. The number of carbonyl (C=O) groups is 2. The third-order valence-electron chi connectivity index (χ3n) is 7.67. The van der Waals surface area contributed by atoms with Gasteiger partial charge in [-0.15, -0.1) is 0 Å². The predicted molar refractivity (Wildman–Crippen MR) is 145 cm³/mol. The number of carbonyl (C=O) groups excluding carboxylic acids is 1. The molecule has 0 aromatic heterocycles. The number of para-hydroxylation sites is 1. The first-order valence-corrected chi connectivity index (χ1v) is 13.3. The summed E-state index contributed by atoms with van der Waals surface area (Å²) in [6.45, 7) is 3.05. The molecule has 3 aromatic rings. The molecule has 0 aliphatic carbocycles. The Morgan fingerprint density at radius 1 is 0.892 bits per heavy atom. The molecule has 192 valence electrons. The molecular weight excluding hydrogens is 462 g/mol. The fraction of sp³-hybridized carbons (Fsp3) is 0.355. The largest absolute Gasteiger partial charge is 0.465 e. The zero-order valence-electron chi connectivity index (χ0n) is 21.2. The van der Waals surface area contributed by atoms with Crippen LogP contribution in [0.25, 0.3) is 0 Å². The molecule has 0 bridgehead atoms. The second-order valence-corrected chi connectivity index (χ2v) is 10.2. The first-order valence-electron chi connectivity index (χ1n) is 13.3. The van der Waals surface area contributed by atoms with E-state index in [1.165, 1.54) is 11.1 Å². The van der Waals surface area contributed by atoms with E-state index < -0.39 is 6.09 Å². The van der Waals surface area contributed by atoms with Crippen LogP contribution in [0.1, 0.15) is 42.4 Å². The maximum Gasteiger partial charge on any atom is 0.407 e. The number of piperidine rings is 1. The number of amides is 2. The average molecular weight is 498 g/mol. The molecule has 2 heterocycles. The van der Waals surface area contributed by atoms with Crippen LogP contribution in [0.5, 0.6) is 0 Å². The molecule has 0 saturated carbocycles. The summed E-state index contributed by atoms with van der Waals surface area (Å²) in [4.78, 5) is 30.9. The summed E-state index contributed by atoms with van der Waals surface area (Å²) < 4.78 is 0. The van der Waals surface area contributed by atoms with Crippen LogP contribution < -0.4 is 4.90 Å². The fourth-order valence-corrected chi connectivity index (χ4v) is 5.92. The Labute approximate surface area is 219 Å². The molecule has 0 spiro atoms. The van der Waals surface area contributed by atoms with Gasteiger partial charge in [-0.3, -0.25) is 9.69 Å². The highest BCUT2D eigenvalue weighted by Crippen LogP contribution is 2.35. The summed E-state index contributed by atoms with van der Waals surface area (Å²) in [6.07, 6.45) is 2.62. The van der Waals surface area contributed by atoms with Gasteiger partial charge >= 0.3 is 6.09 Å². The van der Waals surface area contributed by atoms with E-state index in [1.807, 2.05) is 41.3 Å². The van der Waals surface area contributed by atoms with Crippen LogP contribution in [0.15, 0.2) is 84.9 Å². The van der Waals surface area contributed by atoms with Gasteiger partial charge < -0.3 is 14.9 Å². The molecule has 1 N–H and O–H groups in total. The van der Waals surface area contributed by atoms with E-state index in [0.29, 0.717) is 25.8 Å². The lowest BCUT2D eigenvalue weighted by Gasteiger charge is -2.41. The summed E-state index contributed by atoms with van der Waals surface area (Å²) in [7, 11) is 0. The minimum absolute atomic E-state index is 0.0430. The minimum Gasteiger partial charge on any atom is -0.465 e. The molecule has 1 saturated heterocycles. The standard InChI is InChI=1S/C31H35N3O3/c35-30-20-26-14-7-8-16-29(26)34(30)28-17-19-33(31(36)37)27(21-28)15-9-18-32(22-24-10-3-1-4-11-24)23-25-12-5-2-6-13-25/h1-8,10-14,16,27-28H,9,15,17-23H2,(H,36,37)/t27-,28?/m0/s1. The third kappa shape index (κ3) is 6.03. The topological polar surface area (TPSA) is 64.1 Å². The summed E-state index contributed by atoms with van der Waals surface area (Å²) in [5.41, 5.74) is 4.61. The molecule has 1 fully saturated rings. The van der Waals surface area contributed by atoms with Gasteiger partial charge in [0.2, 0.25) is 5.91 Å². The molecule has 3 aromatic carbocycles. The highest BCUT2D eigenvalue weighted by Gasteiger charge is 2.39. The van der Waals surface area contributed by atoms with E-state index in [9.17, 15) is 14.7 Å². The lowest BCUT2D eigenvalue weighted by molar-refractivity contribution is -0.118. The van der Waals surface area contributed by atoms with Crippen LogP contribution >= 0.6 is 0 Å². The lowest BCUT2D eigenvalue weighted by atomic mass is 9.92. The molecule has 5 rings (SSSR count). The average Bonchev–Trinajstić information content (AvgIpc) is 3.25. The normalized spacial score (nSPS) is 19.3. The van der Waals surface area contributed by atoms with Crippen molar-refractivity contribution in [1.29, 1.82) is 0 Å². The van der Waals surface area contributed by atoms with Crippen molar-refractivity contribution in [3.05, 3.63) is 102 Å². The Kier molecular flexibility index (Phi) is 7.85. The first kappa shape index (κ1) is 25.0. The Morgan fingerprint density at radius 2 is 1.51 bits per heavy atom. The minimum atomic E-state index is -0.859. The third-order valence-corrected chi connectivity index (χ3v) is 7.67. The number of rotatable bonds is 9. The van der Waals surface area contributed by atoms with E-state index in [-0.39, 0.29) is 18.0 Å². The monoisotopic (exact) mass is 497 g/mol. The van der Waals surface area contributed by atoms with Crippen LogP contribution in [0.2, 0.25) is 0 Å². The molecule has 6 heteroatoms. The van der Waals surface area contributed by atoms with Gasteiger partial charge in [-0.2, -0.15) is 0 Å². The molecule has 2 aliphatic rings. The summed E-state index contributed by atoms with van der Waals surface area (Å²) in [5, 5.41) is 9.90. The molecule has 0 radical (unpaired) electrons. The molecular formula is C31H35N3O3. The van der Waals surface area contributed by atoms with E-state index in [4.69, 9.17) is 0 Å². The van der Waals surface area contributed by atoms with Crippen LogP contribution in [-0.2, 0) is 24.3 Å². The van der Waals surface area contributed by atoms with Crippen LogP contribution in [0.3, 0.4) is 0 Å². The molecule has 1 unspecified atom stereocenters. The quantitative estimate of drug-likeness (QED) is 0.420. The number of hydrogen-bond acceptors (Lipinski definition) is 3. The number of fused-ring (bicyclic) bond motifs is 1. The predicted octanol–water partition coefficient (Wildman–Crippen LogP) is 5.57. The van der Waals surface area contributed by atoms with Crippen molar-refractivity contribution in [2.24, 2.45) is 0 Å². The Balaban J connectivity index is 1.25. The van der Waals surface area contributed by atoms with Crippen LogP contribution in [0, 0.1) is 0 Å². The molecule has 2 aliphatic heterocycles. The van der Waals surface area contributed by atoms with Gasteiger partial charge in [-0.05, 0) is 55.0 Å². The highest BCUT2D eigenvalue weighted by atomic mass is 16.4. The van der Waals surface area contributed by atoms with Gasteiger partial charge in [0, 0.05) is 37.4 Å². The van der Waals surface area contributed by atoms with E-state index in [1.54, 1.807) is 4.90 Å². The molecule has 2 atom stereocenters. The van der Waals surface area contributed by atoms with Gasteiger partial charge in [0.1, 0.15) is 0 Å². The van der Waals surface area contributed by atoms with Crippen molar-refractivity contribution in [2.75, 3.05) is 18.0 Å². The lowest BCUT2D eigenvalue weighted by Crippen LogP contribution is -2.52. The number of likely N-dealkylation sites (tertiary alicyclic amines) is 1. The smallest absolute Gasteiger partial charge is 0.407 e. The van der Waals surface area contributed by atoms with Gasteiger partial charge in [-0.1, -0.05) is 78.9 Å². The maximum atomic E-state index is 12.9. The van der Waals surface area contributed by atoms with E-state index >= 15 is 0 Å². The fourth-order valence-electron chi connectivity index (χ4n) is 5.92. The van der Waals surface area contributed by atoms with Crippen molar-refractivity contribution in [3.8, 4) is 0 Å². The first-order chi connectivity index (χ1) is 18.1. The number of anilines is 1.